The van der Waals surface area contributed by atoms with E-state index >= 15 is 0 Å². The molecule has 2 aliphatic rings. The lowest BCUT2D eigenvalue weighted by Crippen LogP contribution is -2.68. The Hall–Kier alpha value is -0.570. The van der Waals surface area contributed by atoms with Gasteiger partial charge in [-0.1, -0.05) is 33.1 Å². The van der Waals surface area contributed by atoms with Crippen LogP contribution < -0.4 is 10.6 Å². The van der Waals surface area contributed by atoms with Crippen molar-refractivity contribution in [3.63, 3.8) is 0 Å². The normalized spacial score (nSPS) is 30.6. The maximum absolute atomic E-state index is 11.7. The number of rotatable bonds is 1. The van der Waals surface area contributed by atoms with E-state index in [2.05, 4.69) is 24.5 Å². The molecule has 3 nitrogen and oxygen atoms in total. The first-order chi connectivity index (χ1) is 7.13. The average Bonchev–Trinajstić information content (AvgIpc) is 2.23. The lowest BCUT2D eigenvalue weighted by atomic mass is 9.78. The van der Waals surface area contributed by atoms with Crippen LogP contribution in [0.3, 0.4) is 0 Å². The molecule has 3 heteroatoms. The first-order valence-corrected chi connectivity index (χ1v) is 6.18. The van der Waals surface area contributed by atoms with Crippen LogP contribution in [0.25, 0.3) is 0 Å². The highest BCUT2D eigenvalue weighted by atomic mass is 16.2. The third-order valence-electron chi connectivity index (χ3n) is 3.82. The van der Waals surface area contributed by atoms with Crippen LogP contribution in [0, 0.1) is 5.92 Å². The van der Waals surface area contributed by atoms with E-state index in [4.69, 9.17) is 0 Å². The van der Waals surface area contributed by atoms with Gasteiger partial charge in [0.05, 0.1) is 6.04 Å². The fourth-order valence-corrected chi connectivity index (χ4v) is 2.83. The van der Waals surface area contributed by atoms with Crippen molar-refractivity contribution in [1.82, 2.24) is 10.6 Å². The third kappa shape index (κ3) is 2.17. The van der Waals surface area contributed by atoms with Gasteiger partial charge < -0.3 is 5.32 Å². The van der Waals surface area contributed by atoms with E-state index in [0.717, 1.165) is 6.54 Å². The predicted molar refractivity (Wildman–Crippen MR) is 60.6 cm³/mol. The quantitative estimate of drug-likeness (QED) is 0.687. The number of hydrogen-bond donors (Lipinski definition) is 2. The molecule has 1 heterocycles. The summed E-state index contributed by atoms with van der Waals surface area (Å²) in [6, 6.07) is 0.0110. The zero-order chi connectivity index (χ0) is 10.9. The van der Waals surface area contributed by atoms with Gasteiger partial charge in [-0.2, -0.15) is 0 Å². The van der Waals surface area contributed by atoms with Crippen LogP contribution in [0.4, 0.5) is 0 Å². The second-order valence-corrected chi connectivity index (χ2v) is 5.42. The molecule has 2 rings (SSSR count). The van der Waals surface area contributed by atoms with Gasteiger partial charge in [0.2, 0.25) is 5.91 Å². The smallest absolute Gasteiger partial charge is 0.237 e. The van der Waals surface area contributed by atoms with E-state index in [1.54, 1.807) is 0 Å². The molecule has 1 saturated carbocycles. The maximum atomic E-state index is 11.7. The van der Waals surface area contributed by atoms with E-state index < -0.39 is 0 Å². The molecule has 1 aliphatic heterocycles. The first-order valence-electron chi connectivity index (χ1n) is 6.18. The summed E-state index contributed by atoms with van der Waals surface area (Å²) in [5.41, 5.74) is 0.209. The van der Waals surface area contributed by atoms with Crippen LogP contribution in [-0.2, 0) is 4.79 Å². The van der Waals surface area contributed by atoms with Gasteiger partial charge in [-0.05, 0) is 18.8 Å². The Morgan fingerprint density at radius 3 is 2.53 bits per heavy atom. The van der Waals surface area contributed by atoms with Gasteiger partial charge in [0, 0.05) is 12.1 Å². The van der Waals surface area contributed by atoms with Gasteiger partial charge in [0.25, 0.3) is 0 Å². The van der Waals surface area contributed by atoms with E-state index in [1.807, 2.05) is 0 Å². The van der Waals surface area contributed by atoms with Crippen molar-refractivity contribution in [2.45, 2.75) is 57.5 Å². The van der Waals surface area contributed by atoms with Gasteiger partial charge in [0.15, 0.2) is 0 Å². The van der Waals surface area contributed by atoms with E-state index in [0.29, 0.717) is 5.92 Å². The fraction of sp³-hybridized carbons (Fsp3) is 0.917. The van der Waals surface area contributed by atoms with E-state index in [9.17, 15) is 4.79 Å². The van der Waals surface area contributed by atoms with Gasteiger partial charge in [-0.25, -0.2) is 0 Å². The highest BCUT2D eigenvalue weighted by molar-refractivity contribution is 5.83. The molecule has 0 aromatic rings. The number of carbonyl (C=O) groups excluding carboxylic acids is 1. The molecule has 1 saturated heterocycles. The molecule has 0 aromatic heterocycles. The molecule has 1 atom stereocenters. The Balaban J connectivity index is 2.06. The molecule has 0 bridgehead atoms. The van der Waals surface area contributed by atoms with Crippen molar-refractivity contribution < 1.29 is 4.79 Å². The molecule has 0 aromatic carbocycles. The third-order valence-corrected chi connectivity index (χ3v) is 3.82. The first kappa shape index (κ1) is 10.9. The summed E-state index contributed by atoms with van der Waals surface area (Å²) in [4.78, 5) is 11.7. The van der Waals surface area contributed by atoms with Gasteiger partial charge in [-0.3, -0.25) is 10.1 Å². The summed E-state index contributed by atoms with van der Waals surface area (Å²) in [7, 11) is 0. The minimum atomic E-state index is 0.0110. The van der Waals surface area contributed by atoms with Crippen molar-refractivity contribution >= 4 is 5.91 Å². The number of nitrogens with one attached hydrogen (secondary N) is 2. The Labute approximate surface area is 92.0 Å². The molecule has 1 spiro atoms. The molecule has 2 N–H and O–H groups in total. The lowest BCUT2D eigenvalue weighted by molar-refractivity contribution is -0.128. The molecule has 2 fully saturated rings. The molecule has 1 amide bonds. The van der Waals surface area contributed by atoms with Crippen LogP contribution in [0.15, 0.2) is 0 Å². The topological polar surface area (TPSA) is 41.1 Å². The van der Waals surface area contributed by atoms with Crippen LogP contribution in [-0.4, -0.2) is 24.0 Å². The Kier molecular flexibility index (Phi) is 3.01. The van der Waals surface area contributed by atoms with Crippen LogP contribution in [0.5, 0.6) is 0 Å². The monoisotopic (exact) mass is 210 g/mol. The Bertz CT molecular complexity index is 244. The summed E-state index contributed by atoms with van der Waals surface area (Å²) < 4.78 is 0. The molecule has 0 radical (unpaired) electrons. The minimum Gasteiger partial charge on any atom is -0.353 e. The van der Waals surface area contributed by atoms with Crippen molar-refractivity contribution in [2.75, 3.05) is 6.54 Å². The summed E-state index contributed by atoms with van der Waals surface area (Å²) >= 11 is 0. The largest absolute Gasteiger partial charge is 0.353 e. The van der Waals surface area contributed by atoms with Crippen molar-refractivity contribution in [1.29, 1.82) is 0 Å². The number of amides is 1. The van der Waals surface area contributed by atoms with Crippen LogP contribution in [0.2, 0.25) is 0 Å². The van der Waals surface area contributed by atoms with Crippen molar-refractivity contribution in [3.05, 3.63) is 0 Å². The molecular weight excluding hydrogens is 188 g/mol. The Morgan fingerprint density at radius 2 is 1.93 bits per heavy atom. The highest BCUT2D eigenvalue weighted by Crippen LogP contribution is 2.30. The average molecular weight is 210 g/mol. The maximum Gasteiger partial charge on any atom is 0.237 e. The standard InChI is InChI=1S/C12H22N2O/c1-9(2)10-11(15)13-8-12(14-10)6-4-3-5-7-12/h9-10,14H,3-8H2,1-2H3,(H,13,15)/t10-/m0/s1. The van der Waals surface area contributed by atoms with Crippen molar-refractivity contribution in [2.24, 2.45) is 5.92 Å². The minimum absolute atomic E-state index is 0.0110. The predicted octanol–water partition coefficient (Wildman–Crippen LogP) is 1.43. The summed E-state index contributed by atoms with van der Waals surface area (Å²) in [5.74, 6) is 0.560. The lowest BCUT2D eigenvalue weighted by Gasteiger charge is -2.45. The number of piperazine rings is 1. The van der Waals surface area contributed by atoms with Crippen LogP contribution in [0.1, 0.15) is 46.0 Å². The molecule has 15 heavy (non-hydrogen) atoms. The van der Waals surface area contributed by atoms with Crippen LogP contribution >= 0.6 is 0 Å². The second kappa shape index (κ2) is 4.12. The zero-order valence-electron chi connectivity index (χ0n) is 9.81. The summed E-state index contributed by atoms with van der Waals surface area (Å²) in [6.07, 6.45) is 6.39. The Morgan fingerprint density at radius 1 is 1.27 bits per heavy atom. The van der Waals surface area contributed by atoms with Gasteiger partial charge in [0.1, 0.15) is 0 Å². The number of carbonyl (C=O) groups is 1. The van der Waals surface area contributed by atoms with Gasteiger partial charge >= 0.3 is 0 Å². The van der Waals surface area contributed by atoms with E-state index in [1.165, 1.54) is 32.1 Å². The van der Waals surface area contributed by atoms with Crippen molar-refractivity contribution in [3.8, 4) is 0 Å². The molecular formula is C12H22N2O. The second-order valence-electron chi connectivity index (χ2n) is 5.42. The summed E-state index contributed by atoms with van der Waals surface area (Å²) in [6.45, 7) is 5.05. The van der Waals surface area contributed by atoms with E-state index in [-0.39, 0.29) is 17.5 Å². The SMILES string of the molecule is CC(C)[C@@H]1NC2(CCCCC2)CNC1=O. The molecule has 0 unspecified atom stereocenters. The fourth-order valence-electron chi connectivity index (χ4n) is 2.83. The molecule has 1 aliphatic carbocycles. The number of hydrogen-bond acceptors (Lipinski definition) is 2. The zero-order valence-corrected chi connectivity index (χ0v) is 9.81. The molecule has 86 valence electrons. The highest BCUT2D eigenvalue weighted by Gasteiger charge is 2.40. The summed E-state index contributed by atoms with van der Waals surface area (Å²) in [5, 5.41) is 6.68. The van der Waals surface area contributed by atoms with Gasteiger partial charge in [-0.15, -0.1) is 0 Å².